The van der Waals surface area contributed by atoms with E-state index in [0.29, 0.717) is 22.2 Å². The van der Waals surface area contributed by atoms with Crippen LogP contribution in [0.2, 0.25) is 0 Å². The lowest BCUT2D eigenvalue weighted by molar-refractivity contribution is -0.137. The van der Waals surface area contributed by atoms with E-state index >= 15 is 0 Å². The first-order valence-electron chi connectivity index (χ1n) is 5.71. The lowest BCUT2D eigenvalue weighted by Crippen LogP contribution is -2.03. The Balaban J connectivity index is 2.11. The van der Waals surface area contributed by atoms with Gasteiger partial charge in [-0.3, -0.25) is 0 Å². The summed E-state index contributed by atoms with van der Waals surface area (Å²) in [6.07, 6.45) is -4.34. The molecule has 0 radical (unpaired) electrons. The Bertz CT molecular complexity index is 762. The minimum atomic E-state index is -4.34. The summed E-state index contributed by atoms with van der Waals surface area (Å²) < 4.78 is 42.9. The average Bonchev–Trinajstić information content (AvgIpc) is 2.78. The molecular formula is C14H8F3NOS. The van der Waals surface area contributed by atoms with Crippen molar-refractivity contribution in [1.29, 1.82) is 0 Å². The van der Waals surface area contributed by atoms with Crippen LogP contribution in [0.1, 0.15) is 5.56 Å². The molecule has 2 aromatic carbocycles. The molecular weight excluding hydrogens is 287 g/mol. The molecule has 0 aliphatic carbocycles. The lowest BCUT2D eigenvalue weighted by Gasteiger charge is -2.07. The second-order valence-electron chi connectivity index (χ2n) is 4.22. The third-order valence-electron chi connectivity index (χ3n) is 2.93. The number of para-hydroxylation sites is 1. The van der Waals surface area contributed by atoms with Crippen LogP contribution in [0.4, 0.5) is 13.2 Å². The zero-order valence-corrected chi connectivity index (χ0v) is 10.9. The quantitative estimate of drug-likeness (QED) is 0.652. The van der Waals surface area contributed by atoms with Crippen LogP contribution >= 0.6 is 12.6 Å². The fourth-order valence-corrected chi connectivity index (χ4v) is 2.21. The van der Waals surface area contributed by atoms with E-state index in [2.05, 4.69) is 17.6 Å². The van der Waals surface area contributed by atoms with Gasteiger partial charge in [-0.15, -0.1) is 0 Å². The highest BCUT2D eigenvalue weighted by molar-refractivity contribution is 7.80. The van der Waals surface area contributed by atoms with Gasteiger partial charge in [0.25, 0.3) is 5.22 Å². The molecule has 0 atom stereocenters. The predicted molar refractivity (Wildman–Crippen MR) is 71.7 cm³/mol. The van der Waals surface area contributed by atoms with Crippen molar-refractivity contribution >= 4 is 23.7 Å². The smallest absolute Gasteiger partial charge is 0.416 e. The van der Waals surface area contributed by atoms with Crippen molar-refractivity contribution in [2.45, 2.75) is 11.4 Å². The number of thiol groups is 1. The summed E-state index contributed by atoms with van der Waals surface area (Å²) in [5.74, 6) is 0. The summed E-state index contributed by atoms with van der Waals surface area (Å²) >= 11 is 4.03. The van der Waals surface area contributed by atoms with E-state index < -0.39 is 11.7 Å². The summed E-state index contributed by atoms with van der Waals surface area (Å²) in [5.41, 5.74) is 1.80. The van der Waals surface area contributed by atoms with Crippen molar-refractivity contribution in [2.24, 2.45) is 0 Å². The van der Waals surface area contributed by atoms with Gasteiger partial charge < -0.3 is 4.42 Å². The first kappa shape index (κ1) is 13.1. The summed E-state index contributed by atoms with van der Waals surface area (Å²) in [4.78, 5) is 4.14. The molecule has 3 rings (SSSR count). The standard InChI is InChI=1S/C14H8F3NOS/c15-14(16,17)9-6-4-8(5-7-9)10-2-1-3-11-12(10)18-13(20)19-11/h1-7H,(H,18,20). The van der Waals surface area contributed by atoms with Crippen LogP contribution in [0, 0.1) is 0 Å². The molecule has 3 aromatic rings. The molecule has 0 aliphatic heterocycles. The molecule has 0 aliphatic rings. The van der Waals surface area contributed by atoms with Crippen molar-refractivity contribution in [3.8, 4) is 11.1 Å². The van der Waals surface area contributed by atoms with E-state index in [-0.39, 0.29) is 5.22 Å². The Morgan fingerprint density at radius 2 is 1.70 bits per heavy atom. The van der Waals surface area contributed by atoms with Gasteiger partial charge in [0.1, 0.15) is 5.52 Å². The van der Waals surface area contributed by atoms with Gasteiger partial charge in [0.05, 0.1) is 5.56 Å². The van der Waals surface area contributed by atoms with E-state index in [1.165, 1.54) is 12.1 Å². The zero-order chi connectivity index (χ0) is 14.3. The summed E-state index contributed by atoms with van der Waals surface area (Å²) in [6, 6.07) is 10.2. The van der Waals surface area contributed by atoms with Crippen molar-refractivity contribution < 1.29 is 17.6 Å². The largest absolute Gasteiger partial charge is 0.432 e. The molecule has 20 heavy (non-hydrogen) atoms. The number of nitrogens with zero attached hydrogens (tertiary/aromatic N) is 1. The Labute approximate surface area is 117 Å². The highest BCUT2D eigenvalue weighted by atomic mass is 32.1. The van der Waals surface area contributed by atoms with Crippen LogP contribution in [0.25, 0.3) is 22.2 Å². The van der Waals surface area contributed by atoms with Gasteiger partial charge in [-0.2, -0.15) is 13.2 Å². The molecule has 0 N–H and O–H groups in total. The SMILES string of the molecule is FC(F)(F)c1ccc(-c2cccc3oc(S)nc23)cc1. The maximum Gasteiger partial charge on any atom is 0.416 e. The number of alkyl halides is 3. The number of benzene rings is 2. The molecule has 2 nitrogen and oxygen atoms in total. The highest BCUT2D eigenvalue weighted by Gasteiger charge is 2.30. The van der Waals surface area contributed by atoms with Gasteiger partial charge in [-0.25, -0.2) is 4.98 Å². The fourth-order valence-electron chi connectivity index (χ4n) is 2.01. The number of aromatic nitrogens is 1. The predicted octanol–water partition coefficient (Wildman–Crippen LogP) is 4.80. The Morgan fingerprint density at radius 3 is 2.35 bits per heavy atom. The first-order valence-corrected chi connectivity index (χ1v) is 6.16. The first-order chi connectivity index (χ1) is 9.45. The van der Waals surface area contributed by atoms with Gasteiger partial charge in [-0.1, -0.05) is 36.9 Å². The topological polar surface area (TPSA) is 26.0 Å². The minimum Gasteiger partial charge on any atom is -0.432 e. The van der Waals surface area contributed by atoms with Crippen LogP contribution in [-0.2, 0) is 6.18 Å². The number of halogens is 3. The fraction of sp³-hybridized carbons (Fsp3) is 0.0714. The minimum absolute atomic E-state index is 0.222. The molecule has 0 fully saturated rings. The normalized spacial score (nSPS) is 12.0. The van der Waals surface area contributed by atoms with Gasteiger partial charge in [0.2, 0.25) is 0 Å². The molecule has 102 valence electrons. The molecule has 6 heteroatoms. The van der Waals surface area contributed by atoms with Crippen LogP contribution in [-0.4, -0.2) is 4.98 Å². The number of hydrogen-bond acceptors (Lipinski definition) is 3. The monoisotopic (exact) mass is 295 g/mol. The van der Waals surface area contributed by atoms with E-state index in [1.807, 2.05) is 0 Å². The molecule has 0 bridgehead atoms. The molecule has 0 amide bonds. The molecule has 0 saturated carbocycles. The van der Waals surface area contributed by atoms with Crippen molar-refractivity contribution in [3.05, 3.63) is 48.0 Å². The lowest BCUT2D eigenvalue weighted by atomic mass is 10.0. The van der Waals surface area contributed by atoms with Crippen molar-refractivity contribution in [1.82, 2.24) is 4.98 Å². The van der Waals surface area contributed by atoms with E-state index in [4.69, 9.17) is 4.42 Å². The van der Waals surface area contributed by atoms with Crippen LogP contribution in [0.15, 0.2) is 52.1 Å². The van der Waals surface area contributed by atoms with E-state index in [1.54, 1.807) is 18.2 Å². The third kappa shape index (κ3) is 2.27. The maximum absolute atomic E-state index is 12.5. The molecule has 1 aromatic heterocycles. The number of rotatable bonds is 1. The second-order valence-corrected chi connectivity index (χ2v) is 4.61. The summed E-state index contributed by atoms with van der Waals surface area (Å²) in [7, 11) is 0. The third-order valence-corrected chi connectivity index (χ3v) is 3.12. The highest BCUT2D eigenvalue weighted by Crippen LogP contribution is 2.33. The molecule has 1 heterocycles. The summed E-state index contributed by atoms with van der Waals surface area (Å²) in [5, 5.41) is 0.222. The maximum atomic E-state index is 12.5. The van der Waals surface area contributed by atoms with Crippen molar-refractivity contribution in [2.75, 3.05) is 0 Å². The van der Waals surface area contributed by atoms with E-state index in [0.717, 1.165) is 12.1 Å². The molecule has 0 unspecified atom stereocenters. The molecule has 0 saturated heterocycles. The van der Waals surface area contributed by atoms with Crippen LogP contribution in [0.5, 0.6) is 0 Å². The number of oxazole rings is 1. The number of fused-ring (bicyclic) bond motifs is 1. The van der Waals surface area contributed by atoms with Crippen molar-refractivity contribution in [3.63, 3.8) is 0 Å². The number of hydrogen-bond donors (Lipinski definition) is 1. The van der Waals surface area contributed by atoms with Gasteiger partial charge in [0.15, 0.2) is 5.58 Å². The van der Waals surface area contributed by atoms with Gasteiger partial charge in [-0.05, 0) is 23.8 Å². The summed E-state index contributed by atoms with van der Waals surface area (Å²) in [6.45, 7) is 0. The second kappa shape index (κ2) is 4.56. The Morgan fingerprint density at radius 1 is 1.00 bits per heavy atom. The van der Waals surface area contributed by atoms with E-state index in [9.17, 15) is 13.2 Å². The van der Waals surface area contributed by atoms with Gasteiger partial charge in [0, 0.05) is 5.56 Å². The Hall–Kier alpha value is -1.95. The van der Waals surface area contributed by atoms with Crippen LogP contribution in [0.3, 0.4) is 0 Å². The molecule has 0 spiro atoms. The zero-order valence-electron chi connectivity index (χ0n) is 9.98. The average molecular weight is 295 g/mol. The van der Waals surface area contributed by atoms with Gasteiger partial charge >= 0.3 is 6.18 Å². The Kier molecular flexibility index (Phi) is 2.97. The van der Waals surface area contributed by atoms with Crippen LogP contribution < -0.4 is 0 Å².